The van der Waals surface area contributed by atoms with Crippen LogP contribution in [-0.2, 0) is 4.74 Å². The van der Waals surface area contributed by atoms with Crippen LogP contribution in [-0.4, -0.2) is 25.3 Å². The molecule has 84 valence electrons. The molecule has 2 atom stereocenters. The van der Waals surface area contributed by atoms with Gasteiger partial charge in [0.2, 0.25) is 0 Å². The summed E-state index contributed by atoms with van der Waals surface area (Å²) in [6, 6.07) is 0.762. The van der Waals surface area contributed by atoms with Crippen LogP contribution in [0.25, 0.3) is 0 Å². The third-order valence-electron chi connectivity index (χ3n) is 3.41. The van der Waals surface area contributed by atoms with Gasteiger partial charge in [0.25, 0.3) is 0 Å². The second kappa shape index (κ2) is 5.13. The monoisotopic (exact) mass is 199 g/mol. The summed E-state index contributed by atoms with van der Waals surface area (Å²) in [6.07, 6.45) is 5.20. The lowest BCUT2D eigenvalue weighted by atomic mass is 10.1. The second-order valence-electron chi connectivity index (χ2n) is 5.28. The van der Waals surface area contributed by atoms with Gasteiger partial charge in [-0.15, -0.1) is 0 Å². The first kappa shape index (κ1) is 12.0. The Bertz CT molecular complexity index is 168. The van der Waals surface area contributed by atoms with Gasteiger partial charge in [0, 0.05) is 13.2 Å². The molecule has 1 fully saturated rings. The second-order valence-corrected chi connectivity index (χ2v) is 5.28. The van der Waals surface area contributed by atoms with E-state index in [0.29, 0.717) is 0 Å². The fourth-order valence-corrected chi connectivity index (χ4v) is 2.07. The lowest BCUT2D eigenvalue weighted by Crippen LogP contribution is -2.33. The number of hydrogen-bond acceptors (Lipinski definition) is 2. The molecule has 0 spiro atoms. The van der Waals surface area contributed by atoms with E-state index < -0.39 is 0 Å². The van der Waals surface area contributed by atoms with Crippen LogP contribution in [0, 0.1) is 5.92 Å². The molecule has 1 N–H and O–H groups in total. The molecule has 0 aliphatic heterocycles. The summed E-state index contributed by atoms with van der Waals surface area (Å²) in [5.41, 5.74) is 0.0250. The third kappa shape index (κ3) is 3.97. The number of hydrogen-bond donors (Lipinski definition) is 1. The van der Waals surface area contributed by atoms with E-state index in [2.05, 4.69) is 26.1 Å². The van der Waals surface area contributed by atoms with Gasteiger partial charge in [-0.3, -0.25) is 0 Å². The highest BCUT2D eigenvalue weighted by molar-refractivity contribution is 4.79. The summed E-state index contributed by atoms with van der Waals surface area (Å²) in [4.78, 5) is 0. The maximum Gasteiger partial charge on any atom is 0.0634 e. The molecule has 0 radical (unpaired) electrons. The summed E-state index contributed by atoms with van der Waals surface area (Å²) in [6.45, 7) is 7.72. The average Bonchev–Trinajstić information content (AvgIpc) is 2.51. The molecule has 0 heterocycles. The topological polar surface area (TPSA) is 21.3 Å². The van der Waals surface area contributed by atoms with Crippen molar-refractivity contribution in [2.24, 2.45) is 5.92 Å². The van der Waals surface area contributed by atoms with Crippen molar-refractivity contribution in [1.29, 1.82) is 0 Å². The van der Waals surface area contributed by atoms with Crippen LogP contribution in [0.4, 0.5) is 0 Å². The molecule has 2 heteroatoms. The molecule has 14 heavy (non-hydrogen) atoms. The maximum atomic E-state index is 5.38. The van der Waals surface area contributed by atoms with Crippen LogP contribution in [0.1, 0.15) is 46.5 Å². The zero-order valence-corrected chi connectivity index (χ0v) is 10.1. The Labute approximate surface area is 88.4 Å². The molecule has 0 aromatic rings. The molecule has 0 aromatic carbocycles. The van der Waals surface area contributed by atoms with Crippen molar-refractivity contribution in [3.05, 3.63) is 0 Å². The van der Waals surface area contributed by atoms with Crippen LogP contribution in [0.5, 0.6) is 0 Å². The summed E-state index contributed by atoms with van der Waals surface area (Å²) < 4.78 is 5.38. The predicted molar refractivity (Wildman–Crippen MR) is 60.5 cm³/mol. The van der Waals surface area contributed by atoms with Gasteiger partial charge in [-0.2, -0.15) is 0 Å². The van der Waals surface area contributed by atoms with Crippen molar-refractivity contribution in [2.75, 3.05) is 13.7 Å². The van der Waals surface area contributed by atoms with E-state index in [4.69, 9.17) is 4.74 Å². The Kier molecular flexibility index (Phi) is 4.39. The summed E-state index contributed by atoms with van der Waals surface area (Å²) in [5.74, 6) is 0.919. The zero-order chi connectivity index (χ0) is 10.6. The van der Waals surface area contributed by atoms with Crippen molar-refractivity contribution in [3.8, 4) is 0 Å². The van der Waals surface area contributed by atoms with Gasteiger partial charge < -0.3 is 10.1 Å². The Morgan fingerprint density at radius 2 is 2.07 bits per heavy atom. The number of ether oxygens (including phenoxy) is 1. The van der Waals surface area contributed by atoms with E-state index in [1.165, 1.54) is 19.3 Å². The van der Waals surface area contributed by atoms with Crippen molar-refractivity contribution >= 4 is 0 Å². The smallest absolute Gasteiger partial charge is 0.0634 e. The van der Waals surface area contributed by atoms with Gasteiger partial charge in [-0.25, -0.2) is 0 Å². The average molecular weight is 199 g/mol. The van der Waals surface area contributed by atoms with Crippen molar-refractivity contribution < 1.29 is 4.74 Å². The molecule has 2 nitrogen and oxygen atoms in total. The van der Waals surface area contributed by atoms with Crippen LogP contribution >= 0.6 is 0 Å². The summed E-state index contributed by atoms with van der Waals surface area (Å²) in [7, 11) is 1.79. The highest BCUT2D eigenvalue weighted by Crippen LogP contribution is 2.24. The van der Waals surface area contributed by atoms with E-state index in [9.17, 15) is 0 Å². The van der Waals surface area contributed by atoms with Gasteiger partial charge in [-0.1, -0.05) is 6.92 Å². The highest BCUT2D eigenvalue weighted by Gasteiger charge is 2.22. The quantitative estimate of drug-likeness (QED) is 0.735. The molecular formula is C12H25NO. The number of rotatable bonds is 5. The minimum atomic E-state index is 0.0250. The van der Waals surface area contributed by atoms with Gasteiger partial charge in [0.05, 0.1) is 5.60 Å². The number of methoxy groups -OCH3 is 1. The highest BCUT2D eigenvalue weighted by atomic mass is 16.5. The lowest BCUT2D eigenvalue weighted by Gasteiger charge is -2.24. The van der Waals surface area contributed by atoms with Gasteiger partial charge in [0.1, 0.15) is 0 Å². The molecule has 2 unspecified atom stereocenters. The fraction of sp³-hybridized carbons (Fsp3) is 1.00. The van der Waals surface area contributed by atoms with Crippen LogP contribution < -0.4 is 5.32 Å². The summed E-state index contributed by atoms with van der Waals surface area (Å²) in [5, 5.41) is 3.62. The zero-order valence-electron chi connectivity index (χ0n) is 10.1. The first-order valence-electron chi connectivity index (χ1n) is 5.82. The van der Waals surface area contributed by atoms with Gasteiger partial charge >= 0.3 is 0 Å². The fourth-order valence-electron chi connectivity index (χ4n) is 2.07. The number of nitrogens with one attached hydrogen (secondary N) is 1. The predicted octanol–water partition coefficient (Wildman–Crippen LogP) is 2.58. The van der Waals surface area contributed by atoms with Gasteiger partial charge in [-0.05, 0) is 52.0 Å². The normalized spacial score (nSPS) is 28.3. The molecule has 0 bridgehead atoms. The van der Waals surface area contributed by atoms with Crippen LogP contribution in [0.3, 0.4) is 0 Å². The minimum Gasteiger partial charge on any atom is -0.379 e. The summed E-state index contributed by atoms with van der Waals surface area (Å²) >= 11 is 0. The maximum absolute atomic E-state index is 5.38. The van der Waals surface area contributed by atoms with Gasteiger partial charge in [0.15, 0.2) is 0 Å². The van der Waals surface area contributed by atoms with Crippen LogP contribution in [0.2, 0.25) is 0 Å². The molecule has 0 amide bonds. The van der Waals surface area contributed by atoms with E-state index in [-0.39, 0.29) is 5.60 Å². The molecule has 1 aliphatic carbocycles. The molecule has 1 saturated carbocycles. The molecule has 1 aliphatic rings. The van der Waals surface area contributed by atoms with Crippen molar-refractivity contribution in [1.82, 2.24) is 5.32 Å². The SMILES string of the molecule is COC(C)(C)CCNC1CCC(C)C1. The van der Waals surface area contributed by atoms with E-state index in [1.807, 2.05) is 0 Å². The van der Waals surface area contributed by atoms with Crippen molar-refractivity contribution in [2.45, 2.75) is 58.1 Å². The van der Waals surface area contributed by atoms with E-state index in [0.717, 1.165) is 24.9 Å². The Morgan fingerprint density at radius 1 is 1.36 bits per heavy atom. The first-order valence-corrected chi connectivity index (χ1v) is 5.82. The standard InChI is InChI=1S/C12H25NO/c1-10-5-6-11(9-10)13-8-7-12(2,3)14-4/h10-11,13H,5-9H2,1-4H3. The molecule has 1 rings (SSSR count). The van der Waals surface area contributed by atoms with E-state index >= 15 is 0 Å². The minimum absolute atomic E-state index is 0.0250. The molecule has 0 saturated heterocycles. The van der Waals surface area contributed by atoms with Crippen LogP contribution in [0.15, 0.2) is 0 Å². The molecular weight excluding hydrogens is 174 g/mol. The molecule has 0 aromatic heterocycles. The Balaban J connectivity index is 2.10. The Morgan fingerprint density at radius 3 is 2.57 bits per heavy atom. The van der Waals surface area contributed by atoms with E-state index in [1.54, 1.807) is 7.11 Å². The Hall–Kier alpha value is -0.0800. The lowest BCUT2D eigenvalue weighted by molar-refractivity contribution is 0.0154. The largest absolute Gasteiger partial charge is 0.379 e. The van der Waals surface area contributed by atoms with Crippen molar-refractivity contribution in [3.63, 3.8) is 0 Å². The first-order chi connectivity index (χ1) is 6.53. The third-order valence-corrected chi connectivity index (χ3v) is 3.41.